The van der Waals surface area contributed by atoms with Crippen LogP contribution in [0.1, 0.15) is 37.2 Å². The van der Waals surface area contributed by atoms with Crippen molar-refractivity contribution in [2.75, 3.05) is 13.1 Å². The zero-order chi connectivity index (χ0) is 16.5. The summed E-state index contributed by atoms with van der Waals surface area (Å²) in [6.45, 7) is 5.45. The third kappa shape index (κ3) is 2.94. The van der Waals surface area contributed by atoms with Crippen LogP contribution in [0.4, 0.5) is 0 Å². The fourth-order valence-corrected chi connectivity index (χ4v) is 3.77. The van der Waals surface area contributed by atoms with E-state index in [1.54, 1.807) is 0 Å². The van der Waals surface area contributed by atoms with Crippen molar-refractivity contribution >= 4 is 22.6 Å². The summed E-state index contributed by atoms with van der Waals surface area (Å²) in [5.41, 5.74) is 3.53. The molecule has 3 nitrogen and oxygen atoms in total. The molecule has 1 fully saturated rings. The second kappa shape index (κ2) is 6.58. The van der Waals surface area contributed by atoms with Crippen LogP contribution in [0.3, 0.4) is 0 Å². The number of aromatic nitrogens is 2. The molecule has 24 heavy (non-hydrogen) atoms. The van der Waals surface area contributed by atoms with Gasteiger partial charge in [-0.3, -0.25) is 4.90 Å². The number of fused-ring (bicyclic) bond motifs is 1. The van der Waals surface area contributed by atoms with Crippen molar-refractivity contribution in [2.45, 2.75) is 32.4 Å². The number of hydrogen-bond donors (Lipinski definition) is 0. The normalized spacial score (nSPS) is 16.8. The lowest BCUT2D eigenvalue weighted by Gasteiger charge is -2.24. The van der Waals surface area contributed by atoms with Crippen LogP contribution in [-0.4, -0.2) is 27.5 Å². The summed E-state index contributed by atoms with van der Waals surface area (Å²) >= 11 is 6.03. The maximum Gasteiger partial charge on any atom is 0.127 e. The highest BCUT2D eigenvalue weighted by molar-refractivity contribution is 6.30. The van der Waals surface area contributed by atoms with Gasteiger partial charge in [0.2, 0.25) is 0 Å². The minimum atomic E-state index is 0.340. The van der Waals surface area contributed by atoms with Crippen molar-refractivity contribution in [1.82, 2.24) is 14.5 Å². The van der Waals surface area contributed by atoms with Crippen LogP contribution in [0.2, 0.25) is 5.02 Å². The Bertz CT molecular complexity index is 832. The van der Waals surface area contributed by atoms with Gasteiger partial charge in [0.1, 0.15) is 5.82 Å². The number of hydrogen-bond acceptors (Lipinski definition) is 2. The Morgan fingerprint density at radius 2 is 1.75 bits per heavy atom. The lowest BCUT2D eigenvalue weighted by Crippen LogP contribution is -2.26. The van der Waals surface area contributed by atoms with E-state index in [0.29, 0.717) is 6.04 Å². The van der Waals surface area contributed by atoms with Crippen molar-refractivity contribution in [3.05, 3.63) is 64.9 Å². The summed E-state index contributed by atoms with van der Waals surface area (Å²) in [6, 6.07) is 16.9. The van der Waals surface area contributed by atoms with Gasteiger partial charge in [-0.15, -0.1) is 0 Å². The minimum Gasteiger partial charge on any atom is -0.322 e. The topological polar surface area (TPSA) is 21.1 Å². The molecule has 1 unspecified atom stereocenters. The van der Waals surface area contributed by atoms with Crippen molar-refractivity contribution in [3.8, 4) is 0 Å². The van der Waals surface area contributed by atoms with E-state index in [4.69, 9.17) is 16.6 Å². The van der Waals surface area contributed by atoms with Crippen molar-refractivity contribution in [3.63, 3.8) is 0 Å². The van der Waals surface area contributed by atoms with Crippen molar-refractivity contribution in [1.29, 1.82) is 0 Å². The van der Waals surface area contributed by atoms with Crippen molar-refractivity contribution in [2.24, 2.45) is 0 Å². The number of rotatable bonds is 4. The molecule has 0 saturated carbocycles. The molecule has 0 aliphatic carbocycles. The quantitative estimate of drug-likeness (QED) is 0.674. The summed E-state index contributed by atoms with van der Waals surface area (Å²) in [7, 11) is 0. The highest BCUT2D eigenvalue weighted by Crippen LogP contribution is 2.28. The predicted molar refractivity (Wildman–Crippen MR) is 99.5 cm³/mol. The van der Waals surface area contributed by atoms with Gasteiger partial charge in [0.05, 0.1) is 17.1 Å². The number of para-hydroxylation sites is 2. The molecule has 1 atom stereocenters. The second-order valence-corrected chi connectivity index (χ2v) is 7.03. The second-order valence-electron chi connectivity index (χ2n) is 6.59. The summed E-state index contributed by atoms with van der Waals surface area (Å²) in [5.74, 6) is 1.16. The SMILES string of the molecule is CC(c1nc2ccccc2n1Cc1ccc(Cl)cc1)N1CCCC1. The number of halogens is 1. The molecule has 1 aliphatic rings. The zero-order valence-corrected chi connectivity index (χ0v) is 14.7. The van der Waals surface area contributed by atoms with Gasteiger partial charge in [-0.1, -0.05) is 35.9 Å². The Morgan fingerprint density at radius 3 is 2.50 bits per heavy atom. The molecule has 4 rings (SSSR count). The monoisotopic (exact) mass is 339 g/mol. The molecule has 2 aromatic carbocycles. The average molecular weight is 340 g/mol. The van der Waals surface area contributed by atoms with E-state index >= 15 is 0 Å². The molecule has 2 heterocycles. The lowest BCUT2D eigenvalue weighted by atomic mass is 10.2. The van der Waals surface area contributed by atoms with Gasteiger partial charge < -0.3 is 4.57 Å². The number of nitrogens with zero attached hydrogens (tertiary/aromatic N) is 3. The summed E-state index contributed by atoms with van der Waals surface area (Å²) < 4.78 is 2.36. The van der Waals surface area contributed by atoms with Gasteiger partial charge >= 0.3 is 0 Å². The predicted octanol–water partition coefficient (Wildman–Crippen LogP) is 4.89. The Balaban J connectivity index is 1.76. The number of benzene rings is 2. The maximum atomic E-state index is 6.03. The van der Waals surface area contributed by atoms with Crippen LogP contribution in [-0.2, 0) is 6.54 Å². The van der Waals surface area contributed by atoms with E-state index in [1.807, 2.05) is 12.1 Å². The first-order chi connectivity index (χ1) is 11.7. The first-order valence-corrected chi connectivity index (χ1v) is 9.04. The number of likely N-dealkylation sites (tertiary alicyclic amines) is 1. The molecule has 1 aliphatic heterocycles. The molecule has 0 bridgehead atoms. The highest BCUT2D eigenvalue weighted by Gasteiger charge is 2.24. The Hall–Kier alpha value is -1.84. The van der Waals surface area contributed by atoms with E-state index in [2.05, 4.69) is 52.8 Å². The van der Waals surface area contributed by atoms with Gasteiger partial charge in [0.25, 0.3) is 0 Å². The molecule has 0 N–H and O–H groups in total. The molecule has 0 spiro atoms. The van der Waals surface area contributed by atoms with E-state index in [1.165, 1.54) is 37.0 Å². The van der Waals surface area contributed by atoms with E-state index in [-0.39, 0.29) is 0 Å². The average Bonchev–Trinajstić information content (AvgIpc) is 3.25. The Labute approximate surface area is 147 Å². The molecule has 3 aromatic rings. The summed E-state index contributed by atoms with van der Waals surface area (Å²) in [6.07, 6.45) is 2.59. The molecule has 124 valence electrons. The van der Waals surface area contributed by atoms with Crippen LogP contribution in [0.15, 0.2) is 48.5 Å². The fraction of sp³-hybridized carbons (Fsp3) is 0.350. The molecule has 1 aromatic heterocycles. The lowest BCUT2D eigenvalue weighted by molar-refractivity contribution is 0.249. The smallest absolute Gasteiger partial charge is 0.127 e. The van der Waals surface area contributed by atoms with E-state index in [9.17, 15) is 0 Å². The van der Waals surface area contributed by atoms with E-state index in [0.717, 1.165) is 22.9 Å². The minimum absolute atomic E-state index is 0.340. The van der Waals surface area contributed by atoms with Crippen LogP contribution in [0.25, 0.3) is 11.0 Å². The van der Waals surface area contributed by atoms with Crippen LogP contribution < -0.4 is 0 Å². The van der Waals surface area contributed by atoms with Crippen molar-refractivity contribution < 1.29 is 0 Å². The standard InChI is InChI=1S/C20H22ClN3/c1-15(23-12-4-5-13-23)20-22-18-6-2-3-7-19(18)24(20)14-16-8-10-17(21)11-9-16/h2-3,6-11,15H,4-5,12-14H2,1H3. The van der Waals surface area contributed by atoms with Crippen LogP contribution in [0.5, 0.6) is 0 Å². The summed E-state index contributed by atoms with van der Waals surface area (Å²) in [5, 5.41) is 0.778. The van der Waals surface area contributed by atoms with Gasteiger partial charge in [-0.05, 0) is 62.7 Å². The molecule has 4 heteroatoms. The molecular formula is C20H22ClN3. The third-order valence-corrected chi connectivity index (χ3v) is 5.25. The largest absolute Gasteiger partial charge is 0.322 e. The molecule has 0 radical (unpaired) electrons. The zero-order valence-electron chi connectivity index (χ0n) is 14.0. The highest BCUT2D eigenvalue weighted by atomic mass is 35.5. The first-order valence-electron chi connectivity index (χ1n) is 8.66. The Morgan fingerprint density at radius 1 is 1.04 bits per heavy atom. The first kappa shape index (κ1) is 15.7. The summed E-state index contributed by atoms with van der Waals surface area (Å²) in [4.78, 5) is 7.51. The van der Waals surface area contributed by atoms with Gasteiger partial charge in [-0.2, -0.15) is 0 Å². The van der Waals surface area contributed by atoms with Crippen LogP contribution in [0, 0.1) is 0 Å². The molecule has 0 amide bonds. The van der Waals surface area contributed by atoms with Gasteiger partial charge in [0.15, 0.2) is 0 Å². The third-order valence-electron chi connectivity index (χ3n) is 5.00. The molecular weight excluding hydrogens is 318 g/mol. The van der Waals surface area contributed by atoms with E-state index < -0.39 is 0 Å². The Kier molecular flexibility index (Phi) is 4.30. The van der Waals surface area contributed by atoms with Gasteiger partial charge in [0, 0.05) is 11.6 Å². The number of imidazole rings is 1. The van der Waals surface area contributed by atoms with Gasteiger partial charge in [-0.25, -0.2) is 4.98 Å². The fourth-order valence-electron chi connectivity index (χ4n) is 3.64. The molecule has 1 saturated heterocycles. The maximum absolute atomic E-state index is 6.03. The van der Waals surface area contributed by atoms with Crippen LogP contribution >= 0.6 is 11.6 Å².